The first-order valence-corrected chi connectivity index (χ1v) is 15.8. The molecule has 8 nitrogen and oxygen atoms in total. The number of halogens is 2. The first-order valence-electron chi connectivity index (χ1n) is 13.2. The maximum Gasteiger partial charge on any atom is 0.244 e. The van der Waals surface area contributed by atoms with Gasteiger partial charge in [-0.15, -0.1) is 0 Å². The van der Waals surface area contributed by atoms with Crippen molar-refractivity contribution in [2.24, 2.45) is 0 Å². The van der Waals surface area contributed by atoms with Gasteiger partial charge in [-0.25, -0.2) is 8.42 Å². The number of anilines is 1. The average molecular weight is 621 g/mol. The van der Waals surface area contributed by atoms with Gasteiger partial charge in [-0.2, -0.15) is 0 Å². The fourth-order valence-corrected chi connectivity index (χ4v) is 5.53. The van der Waals surface area contributed by atoms with Crippen LogP contribution in [0.15, 0.2) is 72.8 Å². The molecule has 0 aromatic heterocycles. The minimum absolute atomic E-state index is 0.0124. The van der Waals surface area contributed by atoms with Gasteiger partial charge in [0.2, 0.25) is 21.8 Å². The molecule has 3 aromatic rings. The van der Waals surface area contributed by atoms with Gasteiger partial charge in [-0.05, 0) is 41.8 Å². The van der Waals surface area contributed by atoms with Gasteiger partial charge < -0.3 is 15.0 Å². The van der Waals surface area contributed by atoms with E-state index in [1.165, 1.54) is 24.1 Å². The lowest BCUT2D eigenvalue weighted by Gasteiger charge is -2.34. The number of rotatable bonds is 14. The number of ether oxygens (including phenoxy) is 1. The van der Waals surface area contributed by atoms with Gasteiger partial charge in [0.25, 0.3) is 0 Å². The van der Waals surface area contributed by atoms with E-state index < -0.39 is 28.5 Å². The molecule has 0 unspecified atom stereocenters. The van der Waals surface area contributed by atoms with Crippen LogP contribution in [0.3, 0.4) is 0 Å². The fourth-order valence-electron chi connectivity index (χ4n) is 4.32. The number of nitrogens with zero attached hydrogens (tertiary/aromatic N) is 2. The second-order valence-electron chi connectivity index (χ2n) is 9.55. The van der Waals surface area contributed by atoms with Crippen molar-refractivity contribution in [3.8, 4) is 5.75 Å². The maximum absolute atomic E-state index is 14.2. The Bertz CT molecular complexity index is 1440. The smallest absolute Gasteiger partial charge is 0.244 e. The quantitative estimate of drug-likeness (QED) is 0.246. The summed E-state index contributed by atoms with van der Waals surface area (Å²) in [5.74, 6) is -0.707. The Kier molecular flexibility index (Phi) is 11.9. The molecule has 1 atom stereocenters. The molecule has 0 aliphatic rings. The van der Waals surface area contributed by atoms with E-state index in [1.807, 2.05) is 37.3 Å². The second kappa shape index (κ2) is 15.1. The molecule has 0 saturated carbocycles. The molecule has 0 bridgehead atoms. The summed E-state index contributed by atoms with van der Waals surface area (Å²) in [4.78, 5) is 29.2. The third kappa shape index (κ3) is 9.11. The van der Waals surface area contributed by atoms with Crippen molar-refractivity contribution in [1.82, 2.24) is 10.2 Å². The molecule has 0 spiro atoms. The van der Waals surface area contributed by atoms with Crippen molar-refractivity contribution in [1.29, 1.82) is 0 Å². The lowest BCUT2D eigenvalue weighted by atomic mass is 10.0. The Morgan fingerprint density at radius 2 is 1.68 bits per heavy atom. The monoisotopic (exact) mass is 619 g/mol. The summed E-state index contributed by atoms with van der Waals surface area (Å²) in [5.41, 5.74) is 1.57. The minimum Gasteiger partial charge on any atom is -0.495 e. The Morgan fingerprint density at radius 1 is 1.00 bits per heavy atom. The van der Waals surface area contributed by atoms with E-state index in [0.717, 1.165) is 29.0 Å². The zero-order chi connectivity index (χ0) is 30.0. The predicted octanol–water partition coefficient (Wildman–Crippen LogP) is 5.32. The zero-order valence-electron chi connectivity index (χ0n) is 23.3. The minimum atomic E-state index is -3.98. The molecule has 220 valence electrons. The number of carbonyl (C=O) groups excluding carboxylic acids is 2. The Hall–Kier alpha value is -3.27. The molecule has 11 heteroatoms. The zero-order valence-corrected chi connectivity index (χ0v) is 25.7. The molecular formula is C30H35Cl2N3O5S. The van der Waals surface area contributed by atoms with Crippen LogP contribution in [0.2, 0.25) is 10.0 Å². The highest BCUT2D eigenvalue weighted by Crippen LogP contribution is 2.33. The Balaban J connectivity index is 2.09. The number of amides is 2. The number of hydrogen-bond donors (Lipinski definition) is 1. The SMILES string of the molecule is CCCCNC(=O)[C@H](Cc1ccccc1)N(Cc1ccccc1Cl)C(=O)CN(c1cc(Cl)ccc1OC)S(C)(=O)=O. The van der Waals surface area contributed by atoms with Crippen LogP contribution in [-0.2, 0) is 32.6 Å². The summed E-state index contributed by atoms with van der Waals surface area (Å²) in [7, 11) is -2.58. The van der Waals surface area contributed by atoms with Crippen molar-refractivity contribution < 1.29 is 22.7 Å². The molecule has 0 saturated heterocycles. The van der Waals surface area contributed by atoms with Crippen molar-refractivity contribution in [3.63, 3.8) is 0 Å². The standard InChI is InChI=1S/C30H35Cl2N3O5S/c1-4-5-17-33-30(37)27(18-22-11-7-6-8-12-22)34(20-23-13-9-10-14-25(23)32)29(36)21-35(41(3,38)39)26-19-24(31)15-16-28(26)40-2/h6-16,19,27H,4-5,17-18,20-21H2,1-3H3,(H,33,37)/t27-/m0/s1. The number of methoxy groups -OCH3 is 1. The normalized spacial score (nSPS) is 11.9. The molecule has 0 radical (unpaired) electrons. The summed E-state index contributed by atoms with van der Waals surface area (Å²) in [6, 6.07) is 19.9. The van der Waals surface area contributed by atoms with Gasteiger partial charge in [-0.1, -0.05) is 85.1 Å². The summed E-state index contributed by atoms with van der Waals surface area (Å²) < 4.78 is 32.3. The topological polar surface area (TPSA) is 96.0 Å². The van der Waals surface area contributed by atoms with Crippen molar-refractivity contribution in [2.75, 3.05) is 30.8 Å². The first kappa shape index (κ1) is 32.2. The van der Waals surface area contributed by atoms with Crippen LogP contribution in [0.1, 0.15) is 30.9 Å². The van der Waals surface area contributed by atoms with Crippen LogP contribution >= 0.6 is 23.2 Å². The molecule has 3 aromatic carbocycles. The molecule has 1 N–H and O–H groups in total. The van der Waals surface area contributed by atoms with Crippen LogP contribution in [0.4, 0.5) is 5.69 Å². The van der Waals surface area contributed by atoms with E-state index in [-0.39, 0.29) is 35.3 Å². The third-order valence-corrected chi connectivity index (χ3v) is 8.22. The van der Waals surface area contributed by atoms with Gasteiger partial charge in [0.15, 0.2) is 0 Å². The van der Waals surface area contributed by atoms with Crippen molar-refractivity contribution >= 4 is 50.7 Å². The third-order valence-electron chi connectivity index (χ3n) is 6.49. The van der Waals surface area contributed by atoms with Gasteiger partial charge in [-0.3, -0.25) is 13.9 Å². The molecule has 3 rings (SSSR count). The highest BCUT2D eigenvalue weighted by atomic mass is 35.5. The van der Waals surface area contributed by atoms with Gasteiger partial charge in [0.1, 0.15) is 18.3 Å². The summed E-state index contributed by atoms with van der Waals surface area (Å²) in [6.07, 6.45) is 2.88. The number of benzene rings is 3. The highest BCUT2D eigenvalue weighted by Gasteiger charge is 2.34. The lowest BCUT2D eigenvalue weighted by molar-refractivity contribution is -0.140. The van der Waals surface area contributed by atoms with Gasteiger partial charge in [0, 0.05) is 29.6 Å². The molecule has 41 heavy (non-hydrogen) atoms. The number of nitrogens with one attached hydrogen (secondary N) is 1. The number of unbranched alkanes of at least 4 members (excludes halogenated alkanes) is 1. The Morgan fingerprint density at radius 3 is 2.32 bits per heavy atom. The molecule has 0 heterocycles. The van der Waals surface area contributed by atoms with E-state index in [4.69, 9.17) is 27.9 Å². The van der Waals surface area contributed by atoms with E-state index in [1.54, 1.807) is 30.3 Å². The average Bonchev–Trinajstić information content (AvgIpc) is 2.94. The van der Waals surface area contributed by atoms with Crippen LogP contribution in [-0.4, -0.2) is 57.6 Å². The molecular weight excluding hydrogens is 585 g/mol. The lowest BCUT2D eigenvalue weighted by Crippen LogP contribution is -2.53. The summed E-state index contributed by atoms with van der Waals surface area (Å²) in [5, 5.41) is 3.64. The number of hydrogen-bond acceptors (Lipinski definition) is 5. The van der Waals surface area contributed by atoms with E-state index in [9.17, 15) is 18.0 Å². The van der Waals surface area contributed by atoms with Crippen LogP contribution < -0.4 is 14.4 Å². The van der Waals surface area contributed by atoms with Gasteiger partial charge in [0.05, 0.1) is 19.1 Å². The Labute approximate surface area is 252 Å². The van der Waals surface area contributed by atoms with Crippen LogP contribution in [0.5, 0.6) is 5.75 Å². The van der Waals surface area contributed by atoms with Crippen molar-refractivity contribution in [3.05, 3.63) is 94.0 Å². The largest absolute Gasteiger partial charge is 0.495 e. The number of sulfonamides is 1. The van der Waals surface area contributed by atoms with Crippen LogP contribution in [0, 0.1) is 0 Å². The van der Waals surface area contributed by atoms with Crippen molar-refractivity contribution in [2.45, 2.75) is 38.8 Å². The number of carbonyl (C=O) groups is 2. The fraction of sp³-hybridized carbons (Fsp3) is 0.333. The maximum atomic E-state index is 14.2. The summed E-state index contributed by atoms with van der Waals surface area (Å²) >= 11 is 12.7. The van der Waals surface area contributed by atoms with E-state index in [2.05, 4.69) is 5.32 Å². The summed E-state index contributed by atoms with van der Waals surface area (Å²) in [6.45, 7) is 1.86. The molecule has 0 fully saturated rings. The first-order chi connectivity index (χ1) is 19.5. The highest BCUT2D eigenvalue weighted by molar-refractivity contribution is 7.92. The van der Waals surface area contributed by atoms with Crippen LogP contribution in [0.25, 0.3) is 0 Å². The predicted molar refractivity (Wildman–Crippen MR) is 164 cm³/mol. The molecule has 0 aliphatic heterocycles. The molecule has 2 amide bonds. The van der Waals surface area contributed by atoms with Gasteiger partial charge >= 0.3 is 0 Å². The second-order valence-corrected chi connectivity index (χ2v) is 12.3. The molecule has 0 aliphatic carbocycles. The van der Waals surface area contributed by atoms with E-state index in [0.29, 0.717) is 17.1 Å². The van der Waals surface area contributed by atoms with E-state index >= 15 is 0 Å².